The third kappa shape index (κ3) is 8.34. The minimum absolute atomic E-state index is 0.000826. The van der Waals surface area contributed by atoms with Gasteiger partial charge < -0.3 is 20.7 Å². The number of carbonyl (C=O) groups excluding carboxylic acids is 2. The van der Waals surface area contributed by atoms with Crippen molar-refractivity contribution in [2.75, 3.05) is 20.1 Å². The second-order valence-electron chi connectivity index (χ2n) is 8.43. The van der Waals surface area contributed by atoms with Gasteiger partial charge in [0.2, 0.25) is 11.8 Å². The van der Waals surface area contributed by atoms with Gasteiger partial charge in [0, 0.05) is 25.9 Å². The van der Waals surface area contributed by atoms with Gasteiger partial charge in [-0.15, -0.1) is 0 Å². The van der Waals surface area contributed by atoms with Crippen LogP contribution in [0.3, 0.4) is 0 Å². The summed E-state index contributed by atoms with van der Waals surface area (Å²) in [6.45, 7) is 3.09. The Morgan fingerprint density at radius 1 is 1.00 bits per heavy atom. The first kappa shape index (κ1) is 24.8. The molecule has 2 saturated heterocycles. The highest BCUT2D eigenvalue weighted by Crippen LogP contribution is 2.44. The van der Waals surface area contributed by atoms with E-state index >= 15 is 0 Å². The highest BCUT2D eigenvalue weighted by atomic mass is 32.1. The molecule has 2 rings (SSSR count). The smallest absolute Gasteiger partial charge is 0.239 e. The molecule has 7 heteroatoms. The Hall–Kier alpha value is -1.47. The Balaban J connectivity index is 1.67. The molecule has 0 aromatic heterocycles. The van der Waals surface area contributed by atoms with Crippen LogP contribution in [0.15, 0.2) is 12.2 Å². The van der Waals surface area contributed by atoms with Gasteiger partial charge in [0.1, 0.15) is 0 Å². The van der Waals surface area contributed by atoms with Gasteiger partial charge in [0.15, 0.2) is 0 Å². The zero-order valence-corrected chi connectivity index (χ0v) is 19.4. The number of fused-ring (bicyclic) bond motifs is 2. The predicted molar refractivity (Wildman–Crippen MR) is 124 cm³/mol. The number of nitrogens with one attached hydrogen (secondary N) is 3. The highest BCUT2D eigenvalue weighted by molar-refractivity contribution is 7.80. The van der Waals surface area contributed by atoms with E-state index in [1.54, 1.807) is 7.05 Å². The second-order valence-corrected chi connectivity index (χ2v) is 8.92. The molecule has 3 N–H and O–H groups in total. The minimum Gasteiger partial charge on any atom is -0.374 e. The van der Waals surface area contributed by atoms with Crippen LogP contribution in [0.5, 0.6) is 0 Å². The van der Waals surface area contributed by atoms with Crippen molar-refractivity contribution < 1.29 is 14.3 Å². The number of rotatable bonds is 14. The van der Waals surface area contributed by atoms with Crippen molar-refractivity contribution in [2.24, 2.45) is 11.8 Å². The number of unbranched alkanes of at least 4 members (excludes halogenated alkanes) is 3. The second kappa shape index (κ2) is 13.8. The number of allylic oxidation sites excluding steroid dienone is 2. The lowest BCUT2D eigenvalue weighted by Crippen LogP contribution is -2.42. The van der Waals surface area contributed by atoms with Crippen molar-refractivity contribution in [3.05, 3.63) is 12.2 Å². The van der Waals surface area contributed by atoms with E-state index in [2.05, 4.69) is 35.0 Å². The maximum absolute atomic E-state index is 12.2. The van der Waals surface area contributed by atoms with Crippen LogP contribution in [0.4, 0.5) is 0 Å². The lowest BCUT2D eigenvalue weighted by molar-refractivity contribution is -0.121. The van der Waals surface area contributed by atoms with Gasteiger partial charge in [0.05, 0.1) is 23.7 Å². The van der Waals surface area contributed by atoms with E-state index in [1.807, 2.05) is 0 Å². The van der Waals surface area contributed by atoms with Gasteiger partial charge in [-0.05, 0) is 50.9 Å². The maximum atomic E-state index is 12.2. The molecule has 0 unspecified atom stereocenters. The Morgan fingerprint density at radius 2 is 1.77 bits per heavy atom. The molecule has 170 valence electrons. The molecular formula is C23H39N3O3S. The Bertz CT molecular complexity index is 596. The van der Waals surface area contributed by atoms with Crippen LogP contribution in [0.25, 0.3) is 0 Å². The van der Waals surface area contributed by atoms with Gasteiger partial charge in [0.25, 0.3) is 0 Å². The summed E-state index contributed by atoms with van der Waals surface area (Å²) >= 11 is 5.30. The molecule has 6 nitrogen and oxygen atoms in total. The first-order valence-corrected chi connectivity index (χ1v) is 12.0. The molecule has 0 spiro atoms. The van der Waals surface area contributed by atoms with Crippen LogP contribution in [0.1, 0.15) is 71.1 Å². The molecule has 2 bridgehead atoms. The average Bonchev–Trinajstić information content (AvgIpc) is 3.35. The first-order valence-electron chi connectivity index (χ1n) is 11.6. The number of ether oxygens (including phenoxy) is 1. The van der Waals surface area contributed by atoms with Crippen molar-refractivity contribution >= 4 is 29.0 Å². The van der Waals surface area contributed by atoms with Gasteiger partial charge in [-0.25, -0.2) is 0 Å². The topological polar surface area (TPSA) is 79.5 Å². The van der Waals surface area contributed by atoms with E-state index in [4.69, 9.17) is 17.0 Å². The van der Waals surface area contributed by atoms with Crippen molar-refractivity contribution in [3.63, 3.8) is 0 Å². The predicted octanol–water partition coefficient (Wildman–Crippen LogP) is 3.26. The molecule has 2 aliphatic heterocycles. The number of thiocarbonyl (C=S) groups is 1. The molecule has 0 aromatic rings. The molecule has 0 aliphatic carbocycles. The fourth-order valence-corrected chi connectivity index (χ4v) is 4.67. The summed E-state index contributed by atoms with van der Waals surface area (Å²) in [7, 11) is 1.67. The number of amides is 2. The monoisotopic (exact) mass is 437 g/mol. The summed E-state index contributed by atoms with van der Waals surface area (Å²) in [6, 6.07) is 0. The molecule has 2 aliphatic rings. The summed E-state index contributed by atoms with van der Waals surface area (Å²) in [5.74, 6) is 0.929. The van der Waals surface area contributed by atoms with E-state index in [0.717, 1.165) is 49.9 Å². The fraction of sp³-hybridized carbons (Fsp3) is 0.783. The first-order chi connectivity index (χ1) is 14.5. The lowest BCUT2D eigenvalue weighted by atomic mass is 9.77. The van der Waals surface area contributed by atoms with Crippen LogP contribution in [0, 0.1) is 11.8 Å². The van der Waals surface area contributed by atoms with Gasteiger partial charge in [-0.2, -0.15) is 0 Å². The Morgan fingerprint density at radius 3 is 2.50 bits per heavy atom. The lowest BCUT2D eigenvalue weighted by Gasteiger charge is -2.27. The SMILES string of the molecule is CCCCCC(=S)NCC(=O)NC[C@@H]1[C@H](C/C=C\CCCC(=O)NC)[C@@H]2CC[C@H]1O2. The van der Waals surface area contributed by atoms with E-state index in [9.17, 15) is 9.59 Å². The van der Waals surface area contributed by atoms with Crippen LogP contribution >= 0.6 is 12.2 Å². The molecule has 0 saturated carbocycles. The molecule has 0 radical (unpaired) electrons. The maximum Gasteiger partial charge on any atom is 0.239 e. The quantitative estimate of drug-likeness (QED) is 0.221. The van der Waals surface area contributed by atoms with Crippen LogP contribution in [-0.2, 0) is 14.3 Å². The van der Waals surface area contributed by atoms with Gasteiger partial charge >= 0.3 is 0 Å². The fourth-order valence-electron chi connectivity index (χ4n) is 4.45. The number of hydrogen-bond acceptors (Lipinski definition) is 4. The molecule has 0 aromatic carbocycles. The van der Waals surface area contributed by atoms with Crippen LogP contribution in [0.2, 0.25) is 0 Å². The number of hydrogen-bond donors (Lipinski definition) is 3. The Labute approximate surface area is 187 Å². The zero-order valence-electron chi connectivity index (χ0n) is 18.6. The highest BCUT2D eigenvalue weighted by Gasteiger charge is 2.47. The summed E-state index contributed by atoms with van der Waals surface area (Å²) in [5, 5.41) is 8.81. The molecule has 2 fully saturated rings. The third-order valence-electron chi connectivity index (χ3n) is 6.21. The van der Waals surface area contributed by atoms with Gasteiger partial charge in [-0.1, -0.05) is 44.1 Å². The number of carbonyl (C=O) groups is 2. The normalized spacial score (nSPS) is 24.9. The zero-order chi connectivity index (χ0) is 21.8. The van der Waals surface area contributed by atoms with Crippen LogP contribution < -0.4 is 16.0 Å². The summed E-state index contributed by atoms with van der Waals surface area (Å²) in [4.78, 5) is 24.3. The van der Waals surface area contributed by atoms with Crippen LogP contribution in [-0.4, -0.2) is 49.1 Å². The molecule has 4 atom stereocenters. The summed E-state index contributed by atoms with van der Waals surface area (Å²) in [5.41, 5.74) is 0. The van der Waals surface area contributed by atoms with E-state index in [-0.39, 0.29) is 24.5 Å². The van der Waals surface area contributed by atoms with E-state index in [1.165, 1.54) is 12.8 Å². The van der Waals surface area contributed by atoms with Crippen molar-refractivity contribution in [1.29, 1.82) is 0 Å². The molecule has 2 amide bonds. The molecule has 2 heterocycles. The summed E-state index contributed by atoms with van der Waals surface area (Å²) < 4.78 is 6.13. The average molecular weight is 438 g/mol. The molecule has 30 heavy (non-hydrogen) atoms. The van der Waals surface area contributed by atoms with E-state index in [0.29, 0.717) is 30.9 Å². The van der Waals surface area contributed by atoms with Crippen molar-refractivity contribution in [1.82, 2.24) is 16.0 Å². The van der Waals surface area contributed by atoms with E-state index < -0.39 is 0 Å². The standard InChI is InChI=1S/C23H39N3O3S/c1-3-4-7-12-23(30)26-16-22(28)25-15-18-17(19-13-14-20(18)29-19)10-8-5-6-9-11-21(27)24-2/h5,8,17-20H,3-4,6-7,9-16H2,1-2H3,(H,24,27)(H,25,28)(H,26,30)/b8-5-/t17-,18+,19-,20+/m0/s1. The van der Waals surface area contributed by atoms with Crippen molar-refractivity contribution in [2.45, 2.75) is 83.3 Å². The third-order valence-corrected chi connectivity index (χ3v) is 6.56. The Kier molecular flexibility index (Phi) is 11.4. The minimum atomic E-state index is -0.000826. The molecular weight excluding hydrogens is 398 g/mol. The van der Waals surface area contributed by atoms with Gasteiger partial charge in [-0.3, -0.25) is 9.59 Å². The largest absolute Gasteiger partial charge is 0.374 e. The van der Waals surface area contributed by atoms with Crippen molar-refractivity contribution in [3.8, 4) is 0 Å². The summed E-state index contributed by atoms with van der Waals surface area (Å²) in [6.07, 6.45) is 14.8.